The zero-order valence-corrected chi connectivity index (χ0v) is 13.8. The number of rotatable bonds is 3. The van der Waals surface area contributed by atoms with Crippen LogP contribution in [0.1, 0.15) is 23.1 Å². The van der Waals surface area contributed by atoms with Crippen LogP contribution in [0.25, 0.3) is 5.76 Å². The molecule has 0 unspecified atom stereocenters. The Balaban J connectivity index is 1.84. The van der Waals surface area contributed by atoms with E-state index in [9.17, 15) is 4.79 Å². The van der Waals surface area contributed by atoms with Crippen molar-refractivity contribution in [2.45, 2.75) is 11.8 Å². The summed E-state index contributed by atoms with van der Waals surface area (Å²) < 4.78 is 5.82. The molecule has 2 nitrogen and oxygen atoms in total. The molecule has 3 aromatic carbocycles. The number of benzene rings is 3. The number of ether oxygens (including phenoxy) is 1. The molecule has 0 N–H and O–H groups in total. The van der Waals surface area contributed by atoms with Crippen molar-refractivity contribution in [1.82, 2.24) is 0 Å². The average Bonchev–Trinajstić information content (AvgIpc) is 2.70. The Bertz CT molecular complexity index is 857. The van der Waals surface area contributed by atoms with E-state index in [0.717, 1.165) is 16.7 Å². The Labute approximate surface area is 147 Å². The van der Waals surface area contributed by atoms with Gasteiger partial charge in [0.2, 0.25) is 0 Å². The molecule has 122 valence electrons. The van der Waals surface area contributed by atoms with E-state index in [0.29, 0.717) is 12.2 Å². The van der Waals surface area contributed by atoms with Crippen molar-refractivity contribution in [3.8, 4) is 0 Å². The fraction of sp³-hybridized carbons (Fsp3) is 0.0870. The Morgan fingerprint density at radius 1 is 0.680 bits per heavy atom. The molecule has 1 aliphatic rings. The lowest BCUT2D eigenvalue weighted by molar-refractivity contribution is -0.142. The SMILES string of the molecule is O=C1OC(c2ccccc2)=CCC1(c1ccccc1)c1ccccc1. The molecule has 0 bridgehead atoms. The van der Waals surface area contributed by atoms with Gasteiger partial charge < -0.3 is 4.74 Å². The van der Waals surface area contributed by atoms with Crippen molar-refractivity contribution in [3.63, 3.8) is 0 Å². The highest BCUT2D eigenvalue weighted by atomic mass is 16.5. The van der Waals surface area contributed by atoms with Gasteiger partial charge in [0.05, 0.1) is 0 Å². The molecular weight excluding hydrogens is 308 g/mol. The molecule has 1 aliphatic heterocycles. The maximum Gasteiger partial charge on any atom is 0.326 e. The van der Waals surface area contributed by atoms with Crippen molar-refractivity contribution >= 4 is 11.7 Å². The second-order valence-electron chi connectivity index (χ2n) is 6.17. The van der Waals surface area contributed by atoms with E-state index < -0.39 is 5.41 Å². The van der Waals surface area contributed by atoms with Crippen LogP contribution in [-0.4, -0.2) is 5.97 Å². The number of esters is 1. The van der Waals surface area contributed by atoms with Gasteiger partial charge in [-0.3, -0.25) is 4.79 Å². The third-order valence-electron chi connectivity index (χ3n) is 4.74. The van der Waals surface area contributed by atoms with Crippen molar-refractivity contribution in [2.24, 2.45) is 0 Å². The van der Waals surface area contributed by atoms with E-state index in [2.05, 4.69) is 0 Å². The molecule has 0 amide bonds. The fourth-order valence-corrected chi connectivity index (χ4v) is 3.42. The number of allylic oxidation sites excluding steroid dienone is 1. The van der Waals surface area contributed by atoms with Crippen LogP contribution in [0, 0.1) is 0 Å². The summed E-state index contributed by atoms with van der Waals surface area (Å²) in [6.07, 6.45) is 2.60. The van der Waals surface area contributed by atoms with E-state index in [-0.39, 0.29) is 5.97 Å². The smallest absolute Gasteiger partial charge is 0.326 e. The van der Waals surface area contributed by atoms with Crippen LogP contribution in [0.5, 0.6) is 0 Å². The first-order valence-electron chi connectivity index (χ1n) is 8.39. The summed E-state index contributed by atoms with van der Waals surface area (Å²) in [7, 11) is 0. The summed E-state index contributed by atoms with van der Waals surface area (Å²) in [6.45, 7) is 0. The second-order valence-corrected chi connectivity index (χ2v) is 6.17. The molecular formula is C23H18O2. The normalized spacial score (nSPS) is 16.0. The monoisotopic (exact) mass is 326 g/mol. The maximum absolute atomic E-state index is 13.2. The van der Waals surface area contributed by atoms with E-state index in [1.54, 1.807) is 0 Å². The molecule has 0 atom stereocenters. The molecule has 0 aromatic heterocycles. The zero-order chi connectivity index (χ0) is 17.1. The summed E-state index contributed by atoms with van der Waals surface area (Å²) in [4.78, 5) is 13.2. The number of carbonyl (C=O) groups excluding carboxylic acids is 1. The van der Waals surface area contributed by atoms with E-state index in [4.69, 9.17) is 4.74 Å². The van der Waals surface area contributed by atoms with Gasteiger partial charge in [0.1, 0.15) is 11.2 Å². The molecule has 0 spiro atoms. The fourth-order valence-electron chi connectivity index (χ4n) is 3.42. The van der Waals surface area contributed by atoms with Crippen LogP contribution < -0.4 is 0 Å². The van der Waals surface area contributed by atoms with Crippen molar-refractivity contribution in [3.05, 3.63) is 114 Å². The number of carbonyl (C=O) groups is 1. The topological polar surface area (TPSA) is 26.3 Å². The predicted molar refractivity (Wildman–Crippen MR) is 98.8 cm³/mol. The lowest BCUT2D eigenvalue weighted by atomic mass is 9.71. The Morgan fingerprint density at radius 3 is 1.64 bits per heavy atom. The molecule has 0 fully saturated rings. The number of cyclic esters (lactones) is 1. The van der Waals surface area contributed by atoms with E-state index in [1.807, 2.05) is 97.1 Å². The molecule has 2 heteroatoms. The van der Waals surface area contributed by atoms with Gasteiger partial charge in [0.15, 0.2) is 0 Å². The van der Waals surface area contributed by atoms with Gasteiger partial charge in [-0.1, -0.05) is 91.0 Å². The first kappa shape index (κ1) is 15.4. The third kappa shape index (κ3) is 2.66. The molecule has 25 heavy (non-hydrogen) atoms. The minimum atomic E-state index is -0.805. The van der Waals surface area contributed by atoms with Crippen molar-refractivity contribution < 1.29 is 9.53 Å². The summed E-state index contributed by atoms with van der Waals surface area (Å²) >= 11 is 0. The van der Waals surface area contributed by atoms with Crippen molar-refractivity contribution in [2.75, 3.05) is 0 Å². The van der Waals surface area contributed by atoms with Gasteiger partial charge in [-0.25, -0.2) is 0 Å². The van der Waals surface area contributed by atoms with Gasteiger partial charge in [-0.2, -0.15) is 0 Å². The zero-order valence-electron chi connectivity index (χ0n) is 13.8. The van der Waals surface area contributed by atoms with Gasteiger partial charge in [0, 0.05) is 5.56 Å². The molecule has 0 radical (unpaired) electrons. The Morgan fingerprint density at radius 2 is 1.16 bits per heavy atom. The molecule has 0 aliphatic carbocycles. The third-order valence-corrected chi connectivity index (χ3v) is 4.74. The summed E-state index contributed by atoms with van der Waals surface area (Å²) in [5.41, 5.74) is 2.02. The number of hydrogen-bond donors (Lipinski definition) is 0. The van der Waals surface area contributed by atoms with E-state index >= 15 is 0 Å². The molecule has 0 saturated carbocycles. The van der Waals surface area contributed by atoms with Crippen LogP contribution in [0.15, 0.2) is 97.1 Å². The van der Waals surface area contributed by atoms with Gasteiger partial charge >= 0.3 is 5.97 Å². The summed E-state index contributed by atoms with van der Waals surface area (Å²) in [5.74, 6) is 0.402. The van der Waals surface area contributed by atoms with Gasteiger partial charge in [-0.05, 0) is 23.6 Å². The largest absolute Gasteiger partial charge is 0.425 e. The summed E-state index contributed by atoms with van der Waals surface area (Å²) in [5, 5.41) is 0. The Hall–Kier alpha value is -3.13. The standard InChI is InChI=1S/C23H18O2/c24-22-23(19-12-6-2-7-13-19,20-14-8-3-9-15-20)17-16-21(25-22)18-10-4-1-5-11-18/h1-16H,17H2. The van der Waals surface area contributed by atoms with Crippen LogP contribution in [0.4, 0.5) is 0 Å². The van der Waals surface area contributed by atoms with Crippen molar-refractivity contribution in [1.29, 1.82) is 0 Å². The van der Waals surface area contributed by atoms with Crippen LogP contribution in [0.2, 0.25) is 0 Å². The highest BCUT2D eigenvalue weighted by Gasteiger charge is 2.45. The average molecular weight is 326 g/mol. The maximum atomic E-state index is 13.2. The lowest BCUT2D eigenvalue weighted by Gasteiger charge is -2.35. The Kier molecular flexibility index (Phi) is 3.95. The first-order chi connectivity index (χ1) is 12.3. The lowest BCUT2D eigenvalue weighted by Crippen LogP contribution is -2.40. The molecule has 4 rings (SSSR count). The molecule has 1 heterocycles. The van der Waals surface area contributed by atoms with E-state index in [1.165, 1.54) is 0 Å². The predicted octanol–water partition coefficient (Wildman–Crippen LogP) is 4.96. The van der Waals surface area contributed by atoms with Gasteiger partial charge in [-0.15, -0.1) is 0 Å². The van der Waals surface area contributed by atoms with Crippen LogP contribution >= 0.6 is 0 Å². The molecule has 3 aromatic rings. The highest BCUT2D eigenvalue weighted by Crippen LogP contribution is 2.42. The first-order valence-corrected chi connectivity index (χ1v) is 8.39. The quantitative estimate of drug-likeness (QED) is 0.636. The minimum Gasteiger partial charge on any atom is -0.425 e. The van der Waals surface area contributed by atoms with Crippen LogP contribution in [-0.2, 0) is 14.9 Å². The molecule has 0 saturated heterocycles. The van der Waals surface area contributed by atoms with Gasteiger partial charge in [0.25, 0.3) is 0 Å². The summed E-state index contributed by atoms with van der Waals surface area (Å²) in [6, 6.07) is 29.5. The minimum absolute atomic E-state index is 0.230. The number of hydrogen-bond acceptors (Lipinski definition) is 2. The van der Waals surface area contributed by atoms with Crippen LogP contribution in [0.3, 0.4) is 0 Å². The second kappa shape index (κ2) is 6.40. The highest BCUT2D eigenvalue weighted by molar-refractivity contribution is 5.93.